The molecule has 0 aliphatic heterocycles. The molecule has 0 heteroatoms. The highest BCUT2D eigenvalue weighted by Gasteiger charge is 2.23. The molecule has 4 rings (SSSR count). The lowest BCUT2D eigenvalue weighted by atomic mass is 9.77. The Kier molecular flexibility index (Phi) is 5.95. The molecule has 2 aromatic carbocycles. The van der Waals surface area contributed by atoms with E-state index in [4.69, 9.17) is 0 Å². The average Bonchev–Trinajstić information content (AvgIpc) is 2.72. The number of rotatable bonds is 3. The summed E-state index contributed by atoms with van der Waals surface area (Å²) in [4.78, 5) is 0. The van der Waals surface area contributed by atoms with Gasteiger partial charge in [-0.3, -0.25) is 0 Å². The van der Waals surface area contributed by atoms with Crippen LogP contribution in [0, 0.1) is 25.7 Å². The summed E-state index contributed by atoms with van der Waals surface area (Å²) in [5.41, 5.74) is 8.99. The van der Waals surface area contributed by atoms with Gasteiger partial charge in [0.25, 0.3) is 0 Å². The molecule has 0 amide bonds. The van der Waals surface area contributed by atoms with Crippen LogP contribution < -0.4 is 0 Å². The highest BCUT2D eigenvalue weighted by Crippen LogP contribution is 2.40. The third-order valence-electron chi connectivity index (χ3n) is 7.99. The van der Waals surface area contributed by atoms with Gasteiger partial charge in [-0.15, -0.1) is 0 Å². The Morgan fingerprint density at radius 3 is 1.68 bits per heavy atom. The molecule has 0 bridgehead atoms. The summed E-state index contributed by atoms with van der Waals surface area (Å²) in [6.45, 7) is 9.50. The average molecular weight is 375 g/mol. The second-order valence-electron chi connectivity index (χ2n) is 9.99. The molecule has 0 aromatic heterocycles. The molecule has 2 aliphatic rings. The molecule has 0 atom stereocenters. The molecule has 2 aromatic rings. The van der Waals surface area contributed by atoms with Crippen molar-refractivity contribution >= 4 is 0 Å². The van der Waals surface area contributed by atoms with Crippen molar-refractivity contribution in [3.8, 4) is 11.1 Å². The van der Waals surface area contributed by atoms with Crippen molar-refractivity contribution in [2.24, 2.45) is 11.8 Å². The minimum atomic E-state index is 0.778. The van der Waals surface area contributed by atoms with Crippen LogP contribution in [0.25, 0.3) is 11.1 Å². The monoisotopic (exact) mass is 374 g/mol. The number of benzene rings is 2. The van der Waals surface area contributed by atoms with Crippen molar-refractivity contribution in [1.82, 2.24) is 0 Å². The van der Waals surface area contributed by atoms with E-state index in [0.29, 0.717) is 0 Å². The van der Waals surface area contributed by atoms with Crippen LogP contribution in [0.15, 0.2) is 36.4 Å². The molecule has 0 unspecified atom stereocenters. The normalized spacial score (nSPS) is 28.3. The predicted molar refractivity (Wildman–Crippen MR) is 122 cm³/mol. The SMILES string of the molecule is Cc1c(-c2ccc(C3CCC(C)CC3)cc2)ccc(C2CCC(C)CC2)c1C. The van der Waals surface area contributed by atoms with Gasteiger partial charge in [0, 0.05) is 0 Å². The van der Waals surface area contributed by atoms with Crippen molar-refractivity contribution in [2.45, 2.75) is 90.9 Å². The fourth-order valence-corrected chi connectivity index (χ4v) is 5.70. The van der Waals surface area contributed by atoms with Crippen molar-refractivity contribution in [3.05, 3.63) is 58.7 Å². The Bertz CT molecular complexity index is 782. The summed E-state index contributed by atoms with van der Waals surface area (Å²) in [6.07, 6.45) is 11.1. The first-order chi connectivity index (χ1) is 13.5. The zero-order valence-corrected chi connectivity index (χ0v) is 18.4. The summed E-state index contributed by atoms with van der Waals surface area (Å²) >= 11 is 0. The smallest absolute Gasteiger partial charge is 0.0152 e. The quantitative estimate of drug-likeness (QED) is 0.504. The van der Waals surface area contributed by atoms with E-state index in [-0.39, 0.29) is 0 Å². The highest BCUT2D eigenvalue weighted by molar-refractivity contribution is 5.69. The Balaban J connectivity index is 1.53. The van der Waals surface area contributed by atoms with E-state index in [1.165, 1.54) is 73.6 Å². The summed E-state index contributed by atoms with van der Waals surface area (Å²) in [7, 11) is 0. The van der Waals surface area contributed by atoms with Gasteiger partial charge in [0.05, 0.1) is 0 Å². The molecule has 0 saturated heterocycles. The topological polar surface area (TPSA) is 0 Å². The van der Waals surface area contributed by atoms with Crippen molar-refractivity contribution < 1.29 is 0 Å². The summed E-state index contributed by atoms with van der Waals surface area (Å²) in [5, 5.41) is 0. The van der Waals surface area contributed by atoms with E-state index in [1.54, 1.807) is 11.1 Å². The molecule has 2 saturated carbocycles. The van der Waals surface area contributed by atoms with E-state index < -0.39 is 0 Å². The third kappa shape index (κ3) is 4.07. The van der Waals surface area contributed by atoms with Crippen molar-refractivity contribution in [2.75, 3.05) is 0 Å². The van der Waals surface area contributed by atoms with Gasteiger partial charge in [0.15, 0.2) is 0 Å². The van der Waals surface area contributed by atoms with Crippen LogP contribution in [0.1, 0.15) is 99.3 Å². The van der Waals surface area contributed by atoms with E-state index in [9.17, 15) is 0 Å². The van der Waals surface area contributed by atoms with Gasteiger partial charge in [0.1, 0.15) is 0 Å². The van der Waals surface area contributed by atoms with Crippen molar-refractivity contribution in [1.29, 1.82) is 0 Å². The summed E-state index contributed by atoms with van der Waals surface area (Å²) in [5.74, 6) is 3.40. The fraction of sp³-hybridized carbons (Fsp3) is 0.571. The van der Waals surface area contributed by atoms with E-state index in [1.807, 2.05) is 0 Å². The van der Waals surface area contributed by atoms with Crippen LogP contribution in [0.5, 0.6) is 0 Å². The first-order valence-corrected chi connectivity index (χ1v) is 11.7. The lowest BCUT2D eigenvalue weighted by molar-refractivity contribution is 0.347. The van der Waals surface area contributed by atoms with Crippen LogP contribution >= 0.6 is 0 Å². The molecular formula is C28H38. The van der Waals surface area contributed by atoms with Gasteiger partial charge >= 0.3 is 0 Å². The zero-order valence-electron chi connectivity index (χ0n) is 18.4. The van der Waals surface area contributed by atoms with Gasteiger partial charge in [-0.2, -0.15) is 0 Å². The molecule has 28 heavy (non-hydrogen) atoms. The molecule has 2 aliphatic carbocycles. The van der Waals surface area contributed by atoms with Gasteiger partial charge in [-0.05, 0) is 96.6 Å². The lowest BCUT2D eigenvalue weighted by Gasteiger charge is -2.28. The van der Waals surface area contributed by atoms with E-state index >= 15 is 0 Å². The van der Waals surface area contributed by atoms with E-state index in [0.717, 1.165) is 23.7 Å². The number of hydrogen-bond acceptors (Lipinski definition) is 0. The predicted octanol–water partition coefficient (Wildman–Crippen LogP) is 8.56. The maximum absolute atomic E-state index is 2.44. The van der Waals surface area contributed by atoms with E-state index in [2.05, 4.69) is 64.1 Å². The van der Waals surface area contributed by atoms with Crippen LogP contribution in [-0.2, 0) is 0 Å². The Hall–Kier alpha value is -1.56. The summed E-state index contributed by atoms with van der Waals surface area (Å²) < 4.78 is 0. The zero-order chi connectivity index (χ0) is 19.7. The Morgan fingerprint density at radius 1 is 0.571 bits per heavy atom. The van der Waals surface area contributed by atoms with Crippen LogP contribution in [0.3, 0.4) is 0 Å². The maximum Gasteiger partial charge on any atom is -0.0152 e. The highest BCUT2D eigenvalue weighted by atomic mass is 14.3. The van der Waals surface area contributed by atoms with Gasteiger partial charge < -0.3 is 0 Å². The third-order valence-corrected chi connectivity index (χ3v) is 7.99. The molecule has 0 N–H and O–H groups in total. The minimum absolute atomic E-state index is 0.778. The molecule has 0 spiro atoms. The maximum atomic E-state index is 2.44. The van der Waals surface area contributed by atoms with Crippen LogP contribution in [-0.4, -0.2) is 0 Å². The largest absolute Gasteiger partial charge is 0.0625 e. The molecule has 0 heterocycles. The van der Waals surface area contributed by atoms with Gasteiger partial charge in [-0.25, -0.2) is 0 Å². The lowest BCUT2D eigenvalue weighted by Crippen LogP contribution is -2.12. The van der Waals surface area contributed by atoms with Gasteiger partial charge in [0.2, 0.25) is 0 Å². The second kappa shape index (κ2) is 8.44. The van der Waals surface area contributed by atoms with Crippen molar-refractivity contribution in [3.63, 3.8) is 0 Å². The Morgan fingerprint density at radius 2 is 1.11 bits per heavy atom. The van der Waals surface area contributed by atoms with Crippen LogP contribution in [0.4, 0.5) is 0 Å². The number of hydrogen-bond donors (Lipinski definition) is 0. The van der Waals surface area contributed by atoms with Crippen LogP contribution in [0.2, 0.25) is 0 Å². The molecule has 2 fully saturated rings. The summed E-state index contributed by atoms with van der Waals surface area (Å²) in [6, 6.07) is 14.4. The molecular weight excluding hydrogens is 336 g/mol. The first kappa shape index (κ1) is 19.7. The standard InChI is InChI=1S/C28H38/c1-19-5-9-23(10-6-19)24-13-15-26(16-14-24)28-18-17-27(21(3)22(28)4)25-11-7-20(2)8-12-25/h13-20,23,25H,5-12H2,1-4H3. The Labute approximate surface area is 172 Å². The minimum Gasteiger partial charge on any atom is -0.0625 e. The molecule has 0 nitrogen and oxygen atoms in total. The first-order valence-electron chi connectivity index (χ1n) is 11.7. The van der Waals surface area contributed by atoms with Gasteiger partial charge in [-0.1, -0.05) is 75.9 Å². The molecule has 150 valence electrons. The molecule has 0 radical (unpaired) electrons. The fourth-order valence-electron chi connectivity index (χ4n) is 5.70. The second-order valence-corrected chi connectivity index (χ2v) is 9.99.